The van der Waals surface area contributed by atoms with E-state index in [9.17, 15) is 4.79 Å². The zero-order valence-corrected chi connectivity index (χ0v) is 19.8. The number of nitrogens with one attached hydrogen (secondary N) is 1. The van der Waals surface area contributed by atoms with Gasteiger partial charge in [0.15, 0.2) is 0 Å². The molecule has 31 heavy (non-hydrogen) atoms. The molecule has 1 N–H and O–H groups in total. The van der Waals surface area contributed by atoms with Gasteiger partial charge in [0, 0.05) is 24.1 Å². The normalized spacial score (nSPS) is 12.1. The van der Waals surface area contributed by atoms with Crippen LogP contribution in [0.4, 0.5) is 0 Å². The maximum atomic E-state index is 11.7. The summed E-state index contributed by atoms with van der Waals surface area (Å²) in [5.74, 6) is 1.04. The summed E-state index contributed by atoms with van der Waals surface area (Å²) in [6.45, 7) is 7.50. The number of carbonyl (C=O) groups excluding carboxylic acids is 1. The van der Waals surface area contributed by atoms with Crippen LogP contribution in [-0.4, -0.2) is 24.0 Å². The molecule has 0 radical (unpaired) electrons. The van der Waals surface area contributed by atoms with Crippen molar-refractivity contribution in [2.24, 2.45) is 5.92 Å². The Balaban J connectivity index is 1.54. The number of fused-ring (bicyclic) bond motifs is 1. The molecular formula is C26H35ClN2O2. The van der Waals surface area contributed by atoms with Gasteiger partial charge in [0.25, 0.3) is 0 Å². The SMILES string of the molecule is CC(C=CCCCCCCCOc1cc(Cl)c2ccccc2n1)=CC(=O)NCC(C)C. The number of para-hydroxylation sites is 1. The monoisotopic (exact) mass is 442 g/mol. The van der Waals surface area contributed by atoms with Gasteiger partial charge in [0.1, 0.15) is 0 Å². The molecule has 0 saturated heterocycles. The van der Waals surface area contributed by atoms with Crippen LogP contribution in [-0.2, 0) is 4.79 Å². The Morgan fingerprint density at radius 1 is 1.16 bits per heavy atom. The third-order valence-corrected chi connectivity index (χ3v) is 5.14. The number of unbranched alkanes of at least 4 members (excludes halogenated alkanes) is 5. The number of allylic oxidation sites excluding steroid dienone is 3. The van der Waals surface area contributed by atoms with E-state index < -0.39 is 0 Å². The minimum atomic E-state index is -0.0146. The van der Waals surface area contributed by atoms with Crippen LogP contribution in [0.1, 0.15) is 59.3 Å². The maximum absolute atomic E-state index is 11.7. The van der Waals surface area contributed by atoms with Crippen LogP contribution in [0.15, 0.2) is 54.1 Å². The van der Waals surface area contributed by atoms with E-state index in [2.05, 4.69) is 30.2 Å². The van der Waals surface area contributed by atoms with Gasteiger partial charge in [-0.1, -0.05) is 75.1 Å². The first-order valence-electron chi connectivity index (χ1n) is 11.3. The second-order valence-electron chi connectivity index (χ2n) is 8.29. The number of halogens is 1. The molecule has 5 heteroatoms. The van der Waals surface area contributed by atoms with Crippen LogP contribution in [0, 0.1) is 5.92 Å². The molecule has 0 unspecified atom stereocenters. The number of rotatable bonds is 13. The van der Waals surface area contributed by atoms with E-state index in [1.807, 2.05) is 37.3 Å². The van der Waals surface area contributed by atoms with Gasteiger partial charge in [0.2, 0.25) is 11.8 Å². The topological polar surface area (TPSA) is 51.2 Å². The molecule has 2 rings (SSSR count). The molecule has 0 aliphatic rings. The van der Waals surface area contributed by atoms with Gasteiger partial charge in [-0.3, -0.25) is 4.79 Å². The van der Waals surface area contributed by atoms with Crippen molar-refractivity contribution in [2.75, 3.05) is 13.2 Å². The number of nitrogens with zero attached hydrogens (tertiary/aromatic N) is 1. The Hall–Kier alpha value is -2.33. The number of aromatic nitrogens is 1. The first-order valence-corrected chi connectivity index (χ1v) is 11.6. The van der Waals surface area contributed by atoms with E-state index in [0.29, 0.717) is 30.0 Å². The van der Waals surface area contributed by atoms with Crippen LogP contribution in [0.25, 0.3) is 10.9 Å². The summed E-state index contributed by atoms with van der Waals surface area (Å²) in [6.07, 6.45) is 12.6. The molecule has 4 nitrogen and oxygen atoms in total. The molecule has 0 aliphatic heterocycles. The number of benzene rings is 1. The minimum Gasteiger partial charge on any atom is -0.478 e. The van der Waals surface area contributed by atoms with Crippen LogP contribution in [0.3, 0.4) is 0 Å². The fourth-order valence-corrected chi connectivity index (χ4v) is 3.39. The molecule has 2 aromatic rings. The zero-order valence-electron chi connectivity index (χ0n) is 19.0. The fraction of sp³-hybridized carbons (Fsp3) is 0.462. The van der Waals surface area contributed by atoms with Crippen molar-refractivity contribution in [1.29, 1.82) is 0 Å². The van der Waals surface area contributed by atoms with Crippen molar-refractivity contribution in [3.05, 3.63) is 59.2 Å². The summed E-state index contributed by atoms with van der Waals surface area (Å²) in [7, 11) is 0. The van der Waals surface area contributed by atoms with E-state index in [-0.39, 0.29) is 5.91 Å². The molecule has 1 amide bonds. The lowest BCUT2D eigenvalue weighted by Gasteiger charge is -2.07. The van der Waals surface area contributed by atoms with Gasteiger partial charge < -0.3 is 10.1 Å². The van der Waals surface area contributed by atoms with E-state index >= 15 is 0 Å². The molecule has 168 valence electrons. The standard InChI is InChI=1S/C26H35ClN2O2/c1-20(2)19-28-25(30)17-21(3)13-9-7-5-4-6-8-12-16-31-26-18-23(27)22-14-10-11-15-24(22)29-26/h9-11,13-15,17-18,20H,4-8,12,16,19H2,1-3H3,(H,28,30). The molecule has 0 fully saturated rings. The van der Waals surface area contributed by atoms with Crippen LogP contribution >= 0.6 is 11.6 Å². The predicted octanol–water partition coefficient (Wildman–Crippen LogP) is 6.88. The number of ether oxygens (including phenoxy) is 1. The molecule has 0 bridgehead atoms. The highest BCUT2D eigenvalue weighted by Crippen LogP contribution is 2.26. The zero-order chi connectivity index (χ0) is 22.5. The molecule has 0 atom stereocenters. The quantitative estimate of drug-likeness (QED) is 0.209. The van der Waals surface area contributed by atoms with Gasteiger partial charge in [-0.05, 0) is 43.7 Å². The molecular weight excluding hydrogens is 408 g/mol. The number of pyridine rings is 1. The van der Waals surface area contributed by atoms with Crippen molar-refractivity contribution in [2.45, 2.75) is 59.3 Å². The molecule has 0 saturated carbocycles. The van der Waals surface area contributed by atoms with E-state index in [4.69, 9.17) is 16.3 Å². The molecule has 1 heterocycles. The minimum absolute atomic E-state index is 0.0146. The number of amides is 1. The highest BCUT2D eigenvalue weighted by atomic mass is 35.5. The Morgan fingerprint density at radius 2 is 1.90 bits per heavy atom. The largest absolute Gasteiger partial charge is 0.478 e. The summed E-state index contributed by atoms with van der Waals surface area (Å²) in [5.41, 5.74) is 1.85. The molecule has 1 aromatic heterocycles. The molecule has 0 aliphatic carbocycles. The average molecular weight is 443 g/mol. The summed E-state index contributed by atoms with van der Waals surface area (Å²) in [6, 6.07) is 9.61. The first-order chi connectivity index (χ1) is 15.0. The van der Waals surface area contributed by atoms with Gasteiger partial charge in [-0.25, -0.2) is 4.98 Å². The Bertz CT molecular complexity index is 890. The van der Waals surface area contributed by atoms with Crippen molar-refractivity contribution < 1.29 is 9.53 Å². The highest BCUT2D eigenvalue weighted by Gasteiger charge is 2.04. The van der Waals surface area contributed by atoms with Crippen molar-refractivity contribution in [3.63, 3.8) is 0 Å². The number of hydrogen-bond acceptors (Lipinski definition) is 3. The Kier molecular flexibility index (Phi) is 11.2. The summed E-state index contributed by atoms with van der Waals surface area (Å²) in [4.78, 5) is 16.3. The van der Waals surface area contributed by atoms with E-state index in [1.165, 1.54) is 12.8 Å². The summed E-state index contributed by atoms with van der Waals surface area (Å²) < 4.78 is 5.78. The molecule has 0 spiro atoms. The third kappa shape index (κ3) is 10.0. The Morgan fingerprint density at radius 3 is 2.71 bits per heavy atom. The van der Waals surface area contributed by atoms with Crippen molar-refractivity contribution >= 4 is 28.4 Å². The van der Waals surface area contributed by atoms with E-state index in [0.717, 1.165) is 42.2 Å². The second kappa shape index (κ2) is 13.9. The lowest BCUT2D eigenvalue weighted by Crippen LogP contribution is -2.25. The summed E-state index contributed by atoms with van der Waals surface area (Å²) in [5, 5.41) is 4.52. The second-order valence-corrected chi connectivity index (χ2v) is 8.70. The van der Waals surface area contributed by atoms with Crippen molar-refractivity contribution in [3.8, 4) is 5.88 Å². The fourth-order valence-electron chi connectivity index (χ4n) is 3.14. The van der Waals surface area contributed by atoms with Gasteiger partial charge in [-0.15, -0.1) is 0 Å². The smallest absolute Gasteiger partial charge is 0.244 e. The Labute approximate surface area is 191 Å². The first kappa shape index (κ1) is 24.9. The summed E-state index contributed by atoms with van der Waals surface area (Å²) >= 11 is 6.31. The highest BCUT2D eigenvalue weighted by molar-refractivity contribution is 6.35. The van der Waals surface area contributed by atoms with Gasteiger partial charge in [0.05, 0.1) is 17.1 Å². The van der Waals surface area contributed by atoms with E-state index in [1.54, 1.807) is 12.1 Å². The predicted molar refractivity (Wildman–Crippen MR) is 131 cm³/mol. The van der Waals surface area contributed by atoms with Gasteiger partial charge >= 0.3 is 0 Å². The van der Waals surface area contributed by atoms with Crippen LogP contribution < -0.4 is 10.1 Å². The van der Waals surface area contributed by atoms with Crippen molar-refractivity contribution in [1.82, 2.24) is 10.3 Å². The average Bonchev–Trinajstić information content (AvgIpc) is 2.73. The van der Waals surface area contributed by atoms with Crippen LogP contribution in [0.2, 0.25) is 5.02 Å². The molecule has 1 aromatic carbocycles. The third-order valence-electron chi connectivity index (χ3n) is 4.83. The van der Waals surface area contributed by atoms with Gasteiger partial charge in [-0.2, -0.15) is 0 Å². The number of hydrogen-bond donors (Lipinski definition) is 1. The maximum Gasteiger partial charge on any atom is 0.244 e. The van der Waals surface area contributed by atoms with Crippen LogP contribution in [0.5, 0.6) is 5.88 Å². The lowest BCUT2D eigenvalue weighted by atomic mass is 10.1. The lowest BCUT2D eigenvalue weighted by molar-refractivity contribution is -0.116. The number of carbonyl (C=O) groups is 1.